The molecule has 15 heavy (non-hydrogen) atoms. The van der Waals surface area contributed by atoms with Crippen LogP contribution >= 0.6 is 11.8 Å². The van der Waals surface area contributed by atoms with E-state index in [1.54, 1.807) is 24.2 Å². The molecule has 1 aliphatic rings. The summed E-state index contributed by atoms with van der Waals surface area (Å²) in [6.07, 6.45) is 5.83. The molecule has 1 saturated carbocycles. The molecule has 1 N–H and O–H groups in total. The van der Waals surface area contributed by atoms with Crippen molar-refractivity contribution in [2.24, 2.45) is 5.41 Å². The van der Waals surface area contributed by atoms with Crippen molar-refractivity contribution in [3.63, 3.8) is 0 Å². The molecule has 2 atom stereocenters. The number of oxazole rings is 1. The van der Waals surface area contributed by atoms with Crippen molar-refractivity contribution < 1.29 is 4.42 Å². The molecule has 2 unspecified atom stereocenters. The second-order valence-corrected chi connectivity index (χ2v) is 5.94. The Morgan fingerprint density at radius 3 is 3.00 bits per heavy atom. The van der Waals surface area contributed by atoms with E-state index >= 15 is 0 Å². The normalized spacial score (nSPS) is 29.5. The first-order chi connectivity index (χ1) is 7.13. The van der Waals surface area contributed by atoms with Gasteiger partial charge in [0.2, 0.25) is 0 Å². The molecular formula is C11H18N2OS. The van der Waals surface area contributed by atoms with Crippen LogP contribution in [0.25, 0.3) is 0 Å². The first kappa shape index (κ1) is 11.0. The molecule has 1 aromatic rings. The van der Waals surface area contributed by atoms with Gasteiger partial charge in [-0.1, -0.05) is 25.6 Å². The predicted molar refractivity (Wildman–Crippen MR) is 62.0 cm³/mol. The minimum absolute atomic E-state index is 0.374. The summed E-state index contributed by atoms with van der Waals surface area (Å²) < 4.78 is 5.28. The molecule has 2 rings (SSSR count). The van der Waals surface area contributed by atoms with E-state index in [2.05, 4.69) is 24.1 Å². The topological polar surface area (TPSA) is 38.1 Å². The lowest BCUT2D eigenvalue weighted by molar-refractivity contribution is 0.299. The van der Waals surface area contributed by atoms with Gasteiger partial charge < -0.3 is 9.73 Å². The zero-order valence-electron chi connectivity index (χ0n) is 9.49. The summed E-state index contributed by atoms with van der Waals surface area (Å²) in [7, 11) is 2.04. The Kier molecular flexibility index (Phi) is 3.07. The van der Waals surface area contributed by atoms with Gasteiger partial charge in [-0.3, -0.25) is 0 Å². The molecule has 1 aliphatic carbocycles. The van der Waals surface area contributed by atoms with Crippen LogP contribution in [0.5, 0.6) is 0 Å². The lowest BCUT2D eigenvalue weighted by atomic mass is 9.87. The Labute approximate surface area is 95.0 Å². The molecule has 1 fully saturated rings. The van der Waals surface area contributed by atoms with Crippen molar-refractivity contribution in [1.82, 2.24) is 10.3 Å². The van der Waals surface area contributed by atoms with Crippen LogP contribution in [0.15, 0.2) is 22.1 Å². The maximum atomic E-state index is 5.28. The van der Waals surface area contributed by atoms with E-state index in [9.17, 15) is 0 Å². The van der Waals surface area contributed by atoms with E-state index in [1.807, 2.05) is 7.05 Å². The van der Waals surface area contributed by atoms with Gasteiger partial charge in [-0.25, -0.2) is 4.98 Å². The van der Waals surface area contributed by atoms with Gasteiger partial charge in [0.15, 0.2) is 0 Å². The minimum Gasteiger partial charge on any atom is -0.440 e. The standard InChI is InChI=1S/C11H18N2OS/c1-11(2)5-4-8(9(11)12-3)15-10-13-6-7-14-10/h6-9,12H,4-5H2,1-3H3. The van der Waals surface area contributed by atoms with Gasteiger partial charge in [0.25, 0.3) is 5.22 Å². The Bertz CT molecular complexity index is 310. The average Bonchev–Trinajstić information content (AvgIpc) is 2.75. The van der Waals surface area contributed by atoms with Crippen LogP contribution in [0.1, 0.15) is 26.7 Å². The third kappa shape index (κ3) is 2.21. The van der Waals surface area contributed by atoms with Crippen LogP contribution < -0.4 is 5.32 Å². The van der Waals surface area contributed by atoms with Crippen LogP contribution in [0.3, 0.4) is 0 Å². The van der Waals surface area contributed by atoms with Gasteiger partial charge in [-0.2, -0.15) is 0 Å². The molecular weight excluding hydrogens is 208 g/mol. The van der Waals surface area contributed by atoms with Gasteiger partial charge in [0.1, 0.15) is 6.26 Å². The predicted octanol–water partition coefficient (Wildman–Crippen LogP) is 2.54. The lowest BCUT2D eigenvalue weighted by Gasteiger charge is -2.29. The fourth-order valence-corrected chi connectivity index (χ4v) is 3.81. The smallest absolute Gasteiger partial charge is 0.255 e. The van der Waals surface area contributed by atoms with Gasteiger partial charge in [-0.15, -0.1) is 0 Å². The van der Waals surface area contributed by atoms with Crippen molar-refractivity contribution in [2.75, 3.05) is 7.05 Å². The molecule has 0 aliphatic heterocycles. The Morgan fingerprint density at radius 1 is 1.60 bits per heavy atom. The van der Waals surface area contributed by atoms with Gasteiger partial charge in [0, 0.05) is 11.3 Å². The molecule has 0 spiro atoms. The number of nitrogens with zero attached hydrogens (tertiary/aromatic N) is 1. The van der Waals surface area contributed by atoms with E-state index in [0.717, 1.165) is 5.22 Å². The van der Waals surface area contributed by atoms with Crippen LogP contribution in [-0.4, -0.2) is 23.3 Å². The molecule has 0 saturated heterocycles. The molecule has 0 amide bonds. The molecule has 3 nitrogen and oxygen atoms in total. The van der Waals surface area contributed by atoms with Gasteiger partial charge in [-0.05, 0) is 25.3 Å². The minimum atomic E-state index is 0.374. The number of rotatable bonds is 3. The number of hydrogen-bond donors (Lipinski definition) is 1. The molecule has 0 radical (unpaired) electrons. The van der Waals surface area contributed by atoms with E-state index < -0.39 is 0 Å². The Morgan fingerprint density at radius 2 is 2.40 bits per heavy atom. The molecule has 0 bridgehead atoms. The zero-order valence-corrected chi connectivity index (χ0v) is 10.3. The molecule has 1 heterocycles. The maximum absolute atomic E-state index is 5.28. The Hall–Kier alpha value is -0.480. The van der Waals surface area contributed by atoms with Gasteiger partial charge in [0.05, 0.1) is 6.20 Å². The SMILES string of the molecule is CNC1C(Sc2ncco2)CCC1(C)C. The summed E-state index contributed by atoms with van der Waals surface area (Å²) in [5.74, 6) is 0. The highest BCUT2D eigenvalue weighted by Gasteiger charge is 2.41. The lowest BCUT2D eigenvalue weighted by Crippen LogP contribution is -2.41. The van der Waals surface area contributed by atoms with Gasteiger partial charge >= 0.3 is 0 Å². The van der Waals surface area contributed by atoms with Crippen LogP contribution in [0.4, 0.5) is 0 Å². The zero-order chi connectivity index (χ0) is 10.9. The molecule has 84 valence electrons. The number of thioether (sulfide) groups is 1. The largest absolute Gasteiger partial charge is 0.440 e. The summed E-state index contributed by atoms with van der Waals surface area (Å²) >= 11 is 1.75. The highest BCUT2D eigenvalue weighted by molar-refractivity contribution is 7.99. The van der Waals surface area contributed by atoms with Crippen molar-refractivity contribution in [2.45, 2.75) is 43.2 Å². The molecule has 0 aromatic carbocycles. The van der Waals surface area contributed by atoms with E-state index in [1.165, 1.54) is 12.8 Å². The number of aromatic nitrogens is 1. The van der Waals surface area contributed by atoms with E-state index in [4.69, 9.17) is 4.42 Å². The fraction of sp³-hybridized carbons (Fsp3) is 0.727. The molecule has 4 heteroatoms. The van der Waals surface area contributed by atoms with Crippen LogP contribution in [-0.2, 0) is 0 Å². The Balaban J connectivity index is 2.04. The highest BCUT2D eigenvalue weighted by atomic mass is 32.2. The van der Waals surface area contributed by atoms with Crippen molar-refractivity contribution in [3.05, 3.63) is 12.5 Å². The number of nitrogens with one attached hydrogen (secondary N) is 1. The second-order valence-electron chi connectivity index (χ2n) is 4.75. The van der Waals surface area contributed by atoms with Crippen molar-refractivity contribution in [1.29, 1.82) is 0 Å². The van der Waals surface area contributed by atoms with Crippen LogP contribution in [0.2, 0.25) is 0 Å². The summed E-state index contributed by atoms with van der Waals surface area (Å²) in [6, 6.07) is 0.536. The van der Waals surface area contributed by atoms with Crippen molar-refractivity contribution >= 4 is 11.8 Å². The quantitative estimate of drug-likeness (QED) is 0.859. The van der Waals surface area contributed by atoms with Crippen LogP contribution in [0, 0.1) is 5.41 Å². The summed E-state index contributed by atoms with van der Waals surface area (Å²) in [5, 5.41) is 4.79. The summed E-state index contributed by atoms with van der Waals surface area (Å²) in [6.45, 7) is 4.65. The van der Waals surface area contributed by atoms with E-state index in [-0.39, 0.29) is 0 Å². The summed E-state index contributed by atoms with van der Waals surface area (Å²) in [5.41, 5.74) is 0.374. The first-order valence-electron chi connectivity index (χ1n) is 5.37. The monoisotopic (exact) mass is 226 g/mol. The number of hydrogen-bond acceptors (Lipinski definition) is 4. The highest BCUT2D eigenvalue weighted by Crippen LogP contribution is 2.44. The average molecular weight is 226 g/mol. The maximum Gasteiger partial charge on any atom is 0.255 e. The summed E-state index contributed by atoms with van der Waals surface area (Å²) in [4.78, 5) is 4.16. The molecule has 1 aromatic heterocycles. The third-order valence-corrected chi connectivity index (χ3v) is 4.47. The first-order valence-corrected chi connectivity index (χ1v) is 6.25. The van der Waals surface area contributed by atoms with Crippen molar-refractivity contribution in [3.8, 4) is 0 Å². The van der Waals surface area contributed by atoms with E-state index in [0.29, 0.717) is 16.7 Å². The fourth-order valence-electron chi connectivity index (χ4n) is 2.44. The third-order valence-electron chi connectivity index (χ3n) is 3.26. The second kappa shape index (κ2) is 4.18.